The van der Waals surface area contributed by atoms with Gasteiger partial charge in [0.25, 0.3) is 0 Å². The van der Waals surface area contributed by atoms with Crippen molar-refractivity contribution < 1.29 is 0 Å². The van der Waals surface area contributed by atoms with Crippen LogP contribution in [0.5, 0.6) is 0 Å². The monoisotopic (exact) mass is 164 g/mol. The van der Waals surface area contributed by atoms with Gasteiger partial charge in [0.05, 0.1) is 0 Å². The quantitative estimate of drug-likeness (QED) is 0.573. The smallest absolute Gasteiger partial charge is 0.0447 e. The highest BCUT2D eigenvalue weighted by Gasteiger charge is 1.93. The Morgan fingerprint density at radius 3 is 2.75 bits per heavy atom. The van der Waals surface area contributed by atoms with Gasteiger partial charge < -0.3 is 10.3 Å². The molecule has 2 rings (SSSR count). The van der Waals surface area contributed by atoms with Crippen LogP contribution in [0.3, 0.4) is 0 Å². The second-order valence-electron chi connectivity index (χ2n) is 2.58. The Balaban J connectivity index is 0.000000336. The molecule has 66 valence electrons. The standard InChI is InChI=1S/C8H10N2.C2H6/c1-6-4-7-5-9-3-2-8(7)10-6;1-2/h2,4-5,9-10H,3H2,1H3;1-2H3. The van der Waals surface area contributed by atoms with E-state index in [2.05, 4.69) is 29.4 Å². The minimum absolute atomic E-state index is 0.937. The molecule has 1 aromatic heterocycles. The molecular weight excluding hydrogens is 148 g/mol. The van der Waals surface area contributed by atoms with Crippen LogP contribution >= 0.6 is 0 Å². The fourth-order valence-corrected chi connectivity index (χ4v) is 1.25. The van der Waals surface area contributed by atoms with Gasteiger partial charge >= 0.3 is 0 Å². The number of nitrogens with one attached hydrogen (secondary N) is 2. The minimum Gasteiger partial charge on any atom is -0.387 e. The number of aromatic nitrogens is 1. The Morgan fingerprint density at radius 2 is 2.08 bits per heavy atom. The van der Waals surface area contributed by atoms with E-state index in [4.69, 9.17) is 0 Å². The van der Waals surface area contributed by atoms with Gasteiger partial charge in [0.15, 0.2) is 0 Å². The lowest BCUT2D eigenvalue weighted by Crippen LogP contribution is -2.31. The Morgan fingerprint density at radius 1 is 1.33 bits per heavy atom. The number of aromatic amines is 1. The first-order valence-corrected chi connectivity index (χ1v) is 4.46. The van der Waals surface area contributed by atoms with Crippen LogP contribution in [-0.4, -0.2) is 11.5 Å². The van der Waals surface area contributed by atoms with E-state index >= 15 is 0 Å². The van der Waals surface area contributed by atoms with Crippen molar-refractivity contribution in [2.45, 2.75) is 20.8 Å². The molecule has 0 aliphatic carbocycles. The van der Waals surface area contributed by atoms with E-state index < -0.39 is 0 Å². The van der Waals surface area contributed by atoms with Crippen LogP contribution in [0.15, 0.2) is 6.07 Å². The fraction of sp³-hybridized carbons (Fsp3) is 0.400. The minimum atomic E-state index is 0.937. The first kappa shape index (κ1) is 8.91. The lowest BCUT2D eigenvalue weighted by atomic mass is 10.3. The first-order chi connectivity index (χ1) is 5.86. The Bertz CT molecular complexity index is 313. The number of aryl methyl sites for hydroxylation is 1. The Kier molecular flexibility index (Phi) is 2.97. The largest absolute Gasteiger partial charge is 0.387 e. The maximum absolute atomic E-state index is 3.27. The molecule has 1 aliphatic heterocycles. The molecule has 0 amide bonds. The average Bonchev–Trinajstić information content (AvgIpc) is 2.48. The predicted molar refractivity (Wildman–Crippen MR) is 53.1 cm³/mol. The summed E-state index contributed by atoms with van der Waals surface area (Å²) in [7, 11) is 0. The van der Waals surface area contributed by atoms with E-state index in [1.54, 1.807) is 0 Å². The molecule has 0 saturated carbocycles. The van der Waals surface area contributed by atoms with E-state index in [1.165, 1.54) is 16.3 Å². The molecule has 2 nitrogen and oxygen atoms in total. The topological polar surface area (TPSA) is 27.8 Å². The molecule has 0 radical (unpaired) electrons. The van der Waals surface area contributed by atoms with Crippen LogP contribution in [0.4, 0.5) is 0 Å². The second kappa shape index (κ2) is 4.00. The van der Waals surface area contributed by atoms with E-state index in [-0.39, 0.29) is 0 Å². The third kappa shape index (κ3) is 1.70. The molecule has 12 heavy (non-hydrogen) atoms. The van der Waals surface area contributed by atoms with Crippen molar-refractivity contribution >= 4 is 12.3 Å². The molecule has 0 fully saturated rings. The third-order valence-corrected chi connectivity index (χ3v) is 1.70. The van der Waals surface area contributed by atoms with E-state index in [1.807, 2.05) is 20.0 Å². The summed E-state index contributed by atoms with van der Waals surface area (Å²) < 4.78 is 0. The summed E-state index contributed by atoms with van der Waals surface area (Å²) in [5.74, 6) is 0. The highest BCUT2D eigenvalue weighted by Crippen LogP contribution is 1.80. The normalized spacial score (nSPS) is 12.6. The van der Waals surface area contributed by atoms with Crippen LogP contribution in [0, 0.1) is 6.92 Å². The van der Waals surface area contributed by atoms with Crippen molar-refractivity contribution in [1.29, 1.82) is 0 Å². The first-order valence-electron chi connectivity index (χ1n) is 4.46. The summed E-state index contributed by atoms with van der Waals surface area (Å²) in [5.41, 5.74) is 1.22. The zero-order chi connectivity index (χ0) is 8.97. The molecule has 1 aromatic rings. The number of hydrogen-bond donors (Lipinski definition) is 2. The molecular formula is C10H16N2. The molecule has 0 saturated heterocycles. The second-order valence-corrected chi connectivity index (χ2v) is 2.58. The molecule has 0 aromatic carbocycles. The fourth-order valence-electron chi connectivity index (χ4n) is 1.25. The highest BCUT2D eigenvalue weighted by molar-refractivity contribution is 5.36. The van der Waals surface area contributed by atoms with Crippen LogP contribution in [0.1, 0.15) is 19.5 Å². The van der Waals surface area contributed by atoms with Gasteiger partial charge in [0, 0.05) is 29.0 Å². The summed E-state index contributed by atoms with van der Waals surface area (Å²) in [6.07, 6.45) is 4.20. The summed E-state index contributed by atoms with van der Waals surface area (Å²) in [4.78, 5) is 3.27. The molecule has 2 heteroatoms. The van der Waals surface area contributed by atoms with E-state index in [0.717, 1.165) is 6.54 Å². The van der Waals surface area contributed by atoms with Gasteiger partial charge in [-0.2, -0.15) is 0 Å². The van der Waals surface area contributed by atoms with Gasteiger partial charge in [0.1, 0.15) is 0 Å². The van der Waals surface area contributed by atoms with Gasteiger partial charge in [-0.15, -0.1) is 0 Å². The van der Waals surface area contributed by atoms with Gasteiger partial charge in [-0.25, -0.2) is 0 Å². The van der Waals surface area contributed by atoms with Crippen molar-refractivity contribution in [3.05, 3.63) is 22.3 Å². The van der Waals surface area contributed by atoms with E-state index in [0.29, 0.717) is 0 Å². The van der Waals surface area contributed by atoms with Gasteiger partial charge in [-0.3, -0.25) is 0 Å². The number of hydrogen-bond acceptors (Lipinski definition) is 1. The number of H-pyrrole nitrogens is 1. The lowest BCUT2D eigenvalue weighted by Gasteiger charge is -1.96. The zero-order valence-corrected chi connectivity index (χ0v) is 7.94. The summed E-state index contributed by atoms with van der Waals surface area (Å²) >= 11 is 0. The van der Waals surface area contributed by atoms with Crippen molar-refractivity contribution in [3.63, 3.8) is 0 Å². The molecule has 1 aliphatic rings. The van der Waals surface area contributed by atoms with Gasteiger partial charge in [-0.05, 0) is 19.1 Å². The number of rotatable bonds is 0. The SMILES string of the molecule is CC.Cc1cc2c([nH]1)=CCNC=2. The zero-order valence-electron chi connectivity index (χ0n) is 7.94. The van der Waals surface area contributed by atoms with E-state index in [9.17, 15) is 0 Å². The molecule has 0 atom stereocenters. The summed E-state index contributed by atoms with van der Waals surface area (Å²) in [6.45, 7) is 7.01. The van der Waals surface area contributed by atoms with Crippen molar-refractivity contribution in [3.8, 4) is 0 Å². The lowest BCUT2D eigenvalue weighted by molar-refractivity contribution is 1.04. The van der Waals surface area contributed by atoms with Crippen molar-refractivity contribution in [2.75, 3.05) is 6.54 Å². The molecule has 0 spiro atoms. The average molecular weight is 164 g/mol. The molecule has 2 heterocycles. The van der Waals surface area contributed by atoms with Gasteiger partial charge in [0.2, 0.25) is 0 Å². The van der Waals surface area contributed by atoms with Crippen LogP contribution in [-0.2, 0) is 0 Å². The van der Waals surface area contributed by atoms with Crippen LogP contribution in [0.2, 0.25) is 0 Å². The predicted octanol–water partition coefficient (Wildman–Crippen LogP) is 0.471. The molecule has 0 bridgehead atoms. The van der Waals surface area contributed by atoms with Gasteiger partial charge in [-0.1, -0.05) is 13.8 Å². The molecule has 2 N–H and O–H groups in total. The number of fused-ring (bicyclic) bond motifs is 1. The Hall–Kier alpha value is -1.18. The van der Waals surface area contributed by atoms with Crippen molar-refractivity contribution in [1.82, 2.24) is 10.3 Å². The third-order valence-electron chi connectivity index (χ3n) is 1.70. The highest BCUT2D eigenvalue weighted by atomic mass is 14.8. The summed E-state index contributed by atoms with van der Waals surface area (Å²) in [6, 6.07) is 2.14. The maximum Gasteiger partial charge on any atom is 0.0447 e. The Labute approximate surface area is 73.0 Å². The summed E-state index contributed by atoms with van der Waals surface area (Å²) in [5, 5.41) is 5.67. The maximum atomic E-state index is 3.27. The molecule has 0 unspecified atom stereocenters. The van der Waals surface area contributed by atoms with Crippen LogP contribution in [0.25, 0.3) is 12.3 Å². The van der Waals surface area contributed by atoms with Crippen molar-refractivity contribution in [2.24, 2.45) is 0 Å². The van der Waals surface area contributed by atoms with Crippen LogP contribution < -0.4 is 15.9 Å².